The van der Waals surface area contributed by atoms with Crippen LogP contribution in [0, 0.1) is 6.92 Å². The summed E-state index contributed by atoms with van der Waals surface area (Å²) in [6.07, 6.45) is 0. The van der Waals surface area contributed by atoms with E-state index in [1.54, 1.807) is 23.1 Å². The van der Waals surface area contributed by atoms with Crippen LogP contribution >= 0.6 is 23.1 Å². The average Bonchev–Trinajstić information content (AvgIpc) is 3.11. The maximum Gasteiger partial charge on any atom is 0.233 e. The monoisotopic (exact) mass is 405 g/mol. The van der Waals surface area contributed by atoms with Gasteiger partial charge in [0.1, 0.15) is 13.2 Å². The fourth-order valence-electron chi connectivity index (χ4n) is 3.22. The molecule has 0 N–H and O–H groups in total. The van der Waals surface area contributed by atoms with Gasteiger partial charge in [-0.1, -0.05) is 0 Å². The molecule has 2 aliphatic rings. The molecule has 6 nitrogen and oxygen atoms in total. The van der Waals surface area contributed by atoms with Crippen LogP contribution in [0.2, 0.25) is 0 Å². The van der Waals surface area contributed by atoms with Gasteiger partial charge in [-0.25, -0.2) is 4.98 Å². The number of benzene rings is 1. The first-order valence-electron chi connectivity index (χ1n) is 9.11. The number of hydrogen-bond donors (Lipinski definition) is 0. The SMILES string of the molecule is Cc1nc(CN2CCN(C(=O)CSc3ccc4c(c3)OCCO4)CC2)cs1. The maximum atomic E-state index is 12.5. The van der Waals surface area contributed by atoms with Gasteiger partial charge in [0.25, 0.3) is 0 Å². The summed E-state index contributed by atoms with van der Waals surface area (Å²) in [5, 5.41) is 3.23. The summed E-state index contributed by atoms with van der Waals surface area (Å²) in [6.45, 7) is 7.43. The van der Waals surface area contributed by atoms with E-state index in [9.17, 15) is 4.79 Å². The third kappa shape index (κ3) is 4.75. The van der Waals surface area contributed by atoms with Gasteiger partial charge in [-0.2, -0.15) is 0 Å². The van der Waals surface area contributed by atoms with E-state index in [-0.39, 0.29) is 5.91 Å². The van der Waals surface area contributed by atoms with Crippen LogP contribution in [0.5, 0.6) is 11.5 Å². The minimum absolute atomic E-state index is 0.194. The van der Waals surface area contributed by atoms with Crippen LogP contribution in [-0.4, -0.2) is 65.8 Å². The molecule has 1 aromatic carbocycles. The number of carbonyl (C=O) groups excluding carboxylic acids is 1. The first-order chi connectivity index (χ1) is 13.2. The summed E-state index contributed by atoms with van der Waals surface area (Å²) >= 11 is 3.24. The van der Waals surface area contributed by atoms with E-state index in [1.807, 2.05) is 30.0 Å². The lowest BCUT2D eigenvalue weighted by Gasteiger charge is -2.34. The molecule has 0 bridgehead atoms. The number of nitrogens with zero attached hydrogens (tertiary/aromatic N) is 3. The Balaban J connectivity index is 1.23. The smallest absolute Gasteiger partial charge is 0.233 e. The predicted octanol–water partition coefficient (Wildman–Crippen LogP) is 2.66. The maximum absolute atomic E-state index is 12.5. The Morgan fingerprint density at radius 3 is 2.70 bits per heavy atom. The molecule has 1 amide bonds. The topological polar surface area (TPSA) is 54.9 Å². The lowest BCUT2D eigenvalue weighted by molar-refractivity contribution is -0.130. The van der Waals surface area contributed by atoms with E-state index >= 15 is 0 Å². The molecule has 2 aromatic rings. The molecule has 2 aliphatic heterocycles. The van der Waals surface area contributed by atoms with Crippen molar-refractivity contribution in [3.8, 4) is 11.5 Å². The molecule has 27 heavy (non-hydrogen) atoms. The predicted molar refractivity (Wildman–Crippen MR) is 107 cm³/mol. The van der Waals surface area contributed by atoms with Crippen LogP contribution in [0.4, 0.5) is 0 Å². The van der Waals surface area contributed by atoms with Crippen LogP contribution in [0.1, 0.15) is 10.7 Å². The molecule has 8 heteroatoms. The average molecular weight is 406 g/mol. The third-order valence-corrected chi connectivity index (χ3v) is 6.45. The van der Waals surface area contributed by atoms with Crippen molar-refractivity contribution in [1.82, 2.24) is 14.8 Å². The molecule has 0 aliphatic carbocycles. The van der Waals surface area contributed by atoms with E-state index in [1.165, 1.54) is 0 Å². The minimum Gasteiger partial charge on any atom is -0.486 e. The Kier molecular flexibility index (Phi) is 5.85. The van der Waals surface area contributed by atoms with Crippen molar-refractivity contribution in [2.75, 3.05) is 45.1 Å². The highest BCUT2D eigenvalue weighted by Crippen LogP contribution is 2.34. The van der Waals surface area contributed by atoms with Crippen LogP contribution in [0.25, 0.3) is 0 Å². The Bertz CT molecular complexity index is 803. The molecule has 4 rings (SSSR count). The van der Waals surface area contributed by atoms with Gasteiger partial charge in [0.2, 0.25) is 5.91 Å². The highest BCUT2D eigenvalue weighted by molar-refractivity contribution is 8.00. The number of carbonyl (C=O) groups is 1. The number of piperazine rings is 1. The molecule has 144 valence electrons. The van der Waals surface area contributed by atoms with Crippen LogP contribution < -0.4 is 9.47 Å². The van der Waals surface area contributed by atoms with Crippen LogP contribution in [-0.2, 0) is 11.3 Å². The number of ether oxygens (including phenoxy) is 2. The molecule has 1 aromatic heterocycles. The number of rotatable bonds is 5. The first-order valence-corrected chi connectivity index (χ1v) is 11.0. The van der Waals surface area contributed by atoms with Gasteiger partial charge in [-0.05, 0) is 25.1 Å². The van der Waals surface area contributed by atoms with Gasteiger partial charge < -0.3 is 14.4 Å². The molecule has 3 heterocycles. The summed E-state index contributed by atoms with van der Waals surface area (Å²) in [5.74, 6) is 2.19. The number of aromatic nitrogens is 1. The summed E-state index contributed by atoms with van der Waals surface area (Å²) in [6, 6.07) is 5.86. The molecule has 0 radical (unpaired) electrons. The number of hydrogen-bond acceptors (Lipinski definition) is 7. The fraction of sp³-hybridized carbons (Fsp3) is 0.474. The number of aryl methyl sites for hydroxylation is 1. The molecule has 0 atom stereocenters. The lowest BCUT2D eigenvalue weighted by Crippen LogP contribution is -2.48. The van der Waals surface area contributed by atoms with Crippen LogP contribution in [0.15, 0.2) is 28.5 Å². The second-order valence-corrected chi connectivity index (χ2v) is 8.72. The largest absolute Gasteiger partial charge is 0.486 e. The van der Waals surface area contributed by atoms with Crippen molar-refractivity contribution in [3.63, 3.8) is 0 Å². The summed E-state index contributed by atoms with van der Waals surface area (Å²) < 4.78 is 11.1. The van der Waals surface area contributed by atoms with Crippen LogP contribution in [0.3, 0.4) is 0 Å². The van der Waals surface area contributed by atoms with E-state index in [0.29, 0.717) is 19.0 Å². The van der Waals surface area contributed by atoms with E-state index in [2.05, 4.69) is 15.3 Å². The number of fused-ring (bicyclic) bond motifs is 1. The second kappa shape index (κ2) is 8.50. The minimum atomic E-state index is 0.194. The lowest BCUT2D eigenvalue weighted by atomic mass is 10.3. The summed E-state index contributed by atoms with van der Waals surface area (Å²) in [5.41, 5.74) is 1.13. The zero-order valence-electron chi connectivity index (χ0n) is 15.3. The molecule has 1 saturated heterocycles. The number of thiazole rings is 1. The highest BCUT2D eigenvalue weighted by atomic mass is 32.2. The number of thioether (sulfide) groups is 1. The molecule has 0 spiro atoms. The van der Waals surface area contributed by atoms with E-state index in [4.69, 9.17) is 9.47 Å². The van der Waals surface area contributed by atoms with Crippen molar-refractivity contribution < 1.29 is 14.3 Å². The van der Waals surface area contributed by atoms with Crippen molar-refractivity contribution in [3.05, 3.63) is 34.3 Å². The normalized spacial score (nSPS) is 17.1. The second-order valence-electron chi connectivity index (χ2n) is 6.61. The molecular weight excluding hydrogens is 382 g/mol. The highest BCUT2D eigenvalue weighted by Gasteiger charge is 2.22. The van der Waals surface area contributed by atoms with E-state index < -0.39 is 0 Å². The molecular formula is C19H23N3O3S2. The molecule has 0 saturated carbocycles. The van der Waals surface area contributed by atoms with Crippen molar-refractivity contribution in [2.24, 2.45) is 0 Å². The molecule has 1 fully saturated rings. The molecule has 0 unspecified atom stereocenters. The van der Waals surface area contributed by atoms with Gasteiger partial charge in [0.05, 0.1) is 16.5 Å². The van der Waals surface area contributed by atoms with Gasteiger partial charge in [0, 0.05) is 43.0 Å². The van der Waals surface area contributed by atoms with Crippen molar-refractivity contribution in [2.45, 2.75) is 18.4 Å². The zero-order chi connectivity index (χ0) is 18.6. The standard InChI is InChI=1S/C19H23N3O3S2/c1-14-20-15(12-26-14)11-21-4-6-22(7-5-21)19(23)13-27-16-2-3-17-18(10-16)25-9-8-24-17/h2-3,10,12H,4-9,11,13H2,1H3. The van der Waals surface area contributed by atoms with Crippen molar-refractivity contribution in [1.29, 1.82) is 0 Å². The third-order valence-electron chi connectivity index (χ3n) is 4.65. The first kappa shape index (κ1) is 18.6. The Hall–Kier alpha value is -1.77. The van der Waals surface area contributed by atoms with E-state index in [0.717, 1.165) is 59.8 Å². The van der Waals surface area contributed by atoms with Gasteiger partial charge in [-0.15, -0.1) is 23.1 Å². The Morgan fingerprint density at radius 2 is 1.96 bits per heavy atom. The van der Waals surface area contributed by atoms with Crippen molar-refractivity contribution >= 4 is 29.0 Å². The zero-order valence-corrected chi connectivity index (χ0v) is 17.0. The Labute approximate surface area is 167 Å². The Morgan fingerprint density at radius 1 is 1.19 bits per heavy atom. The fourth-order valence-corrected chi connectivity index (χ4v) is 4.65. The number of amides is 1. The summed E-state index contributed by atoms with van der Waals surface area (Å²) in [4.78, 5) is 22.4. The van der Waals surface area contributed by atoms with Gasteiger partial charge in [0.15, 0.2) is 11.5 Å². The quantitative estimate of drug-likeness (QED) is 0.713. The summed E-state index contributed by atoms with van der Waals surface area (Å²) in [7, 11) is 0. The van der Waals surface area contributed by atoms with Gasteiger partial charge in [-0.3, -0.25) is 9.69 Å². The van der Waals surface area contributed by atoms with Gasteiger partial charge >= 0.3 is 0 Å².